The molecule has 0 aromatic carbocycles. The molecule has 30 unspecified atom stereocenters. The summed E-state index contributed by atoms with van der Waals surface area (Å²) in [6, 6.07) is 0. The Labute approximate surface area is 657 Å². The summed E-state index contributed by atoms with van der Waals surface area (Å²) < 4.78 is 24.9. The SMILES string of the molecule is C1=CC2C=CC1C2.C1=CC2CCC1C2.CC(C)(C)OC(=O)C1CC2C=CC1C2.CC(C)OC(=O)C1CC2C=CC1C2.CCOC(=O)C1CC2C=CC1C2.COC(=O)C1CC2C=CC1C2.O=C(O)C1CC2C=CC1C2.O=C1CC2C=CC1C2.O=C1OC(=O)C2C3C=CC(C3)C12.OC1C2C=CC(C2)C1O.OC1CC2C=CC1C2. The van der Waals surface area contributed by atoms with Crippen LogP contribution in [0.4, 0.5) is 0 Å². The molecular weight excluding hydrogens is 1400 g/mol. The molecule has 17 heteroatoms. The fraction of sp³-hybridized carbons (Fsp3) is 0.660. The Morgan fingerprint density at radius 1 is 0.405 bits per heavy atom. The van der Waals surface area contributed by atoms with Crippen LogP contribution in [0.25, 0.3) is 0 Å². The number of Topliss-reactive ketones (excluding diaryl/α,β-unsaturated/α-hetero) is 1. The van der Waals surface area contributed by atoms with E-state index in [4.69, 9.17) is 29.2 Å². The maximum absolute atomic E-state index is 11.8. The Bertz CT molecular complexity index is 3670. The number of carbonyl (C=O) groups excluding carboxylic acids is 7. The third kappa shape index (κ3) is 20.2. The number of aliphatic carboxylic acids is 1. The van der Waals surface area contributed by atoms with Crippen molar-refractivity contribution in [2.75, 3.05) is 13.7 Å². The van der Waals surface area contributed by atoms with Crippen molar-refractivity contribution in [1.82, 2.24) is 0 Å². The van der Waals surface area contributed by atoms with E-state index in [0.717, 1.165) is 113 Å². The van der Waals surface area contributed by atoms with Crippen LogP contribution in [0.2, 0.25) is 0 Å². The van der Waals surface area contributed by atoms with Crippen LogP contribution in [0.5, 0.6) is 0 Å². The molecule has 11 fully saturated rings. The predicted molar refractivity (Wildman–Crippen MR) is 421 cm³/mol. The van der Waals surface area contributed by atoms with E-state index >= 15 is 0 Å². The zero-order valence-corrected chi connectivity index (χ0v) is 66.4. The van der Waals surface area contributed by atoms with E-state index in [1.54, 1.807) is 0 Å². The van der Waals surface area contributed by atoms with Crippen LogP contribution in [-0.4, -0.2) is 112 Å². The lowest BCUT2D eigenvalue weighted by atomic mass is 9.85. The van der Waals surface area contributed by atoms with Gasteiger partial charge in [0.05, 0.1) is 79.6 Å². The minimum Gasteiger partial charge on any atom is -0.481 e. The zero-order chi connectivity index (χ0) is 78.5. The van der Waals surface area contributed by atoms with Crippen LogP contribution >= 0.6 is 0 Å². The van der Waals surface area contributed by atoms with Crippen LogP contribution < -0.4 is 0 Å². The van der Waals surface area contributed by atoms with Gasteiger partial charge in [0.15, 0.2) is 0 Å². The molecule has 0 radical (unpaired) electrons. The highest BCUT2D eigenvalue weighted by atomic mass is 16.6. The fourth-order valence-corrected chi connectivity index (χ4v) is 22.2. The Kier molecular flexibility index (Phi) is 26.7. The molecule has 1 aliphatic heterocycles. The number of rotatable bonds is 7. The molecule has 30 atom stereocenters. The van der Waals surface area contributed by atoms with Gasteiger partial charge < -0.3 is 44.1 Å². The average Bonchev–Trinajstić information content (AvgIpc) is 1.59. The van der Waals surface area contributed by atoms with E-state index in [9.17, 15) is 48.6 Å². The number of methoxy groups -OCH3 is 1. The summed E-state index contributed by atoms with van der Waals surface area (Å²) in [6.45, 7) is 12.0. The topological polar surface area (TPSA) is 264 Å². The summed E-state index contributed by atoms with van der Waals surface area (Å²) in [6.07, 6.45) is 74.1. The van der Waals surface area contributed by atoms with E-state index in [-0.39, 0.29) is 119 Å². The van der Waals surface area contributed by atoms with E-state index in [1.807, 2.05) is 65.8 Å². The first kappa shape index (κ1) is 81.9. The molecule has 10 saturated carbocycles. The number of carboxylic acids is 1. The molecule has 0 spiro atoms. The monoisotopic (exact) mass is 1520 g/mol. The van der Waals surface area contributed by atoms with Crippen LogP contribution in [0.3, 0.4) is 0 Å². The molecule has 23 aliphatic rings. The molecule has 1 saturated heterocycles. The van der Waals surface area contributed by atoms with E-state index in [1.165, 1.54) is 52.1 Å². The molecular formula is C94H124O17. The lowest BCUT2D eigenvalue weighted by Gasteiger charge is -2.24. The molecule has 4 N–H and O–H groups in total. The van der Waals surface area contributed by atoms with Gasteiger partial charge >= 0.3 is 41.8 Å². The quantitative estimate of drug-likeness (QED) is 0.0799. The highest BCUT2D eigenvalue weighted by Crippen LogP contribution is 2.53. The van der Waals surface area contributed by atoms with Crippen molar-refractivity contribution >= 4 is 47.6 Å². The number of hydrogen-bond donors (Lipinski definition) is 4. The highest BCUT2D eigenvalue weighted by Gasteiger charge is 2.58. The van der Waals surface area contributed by atoms with Gasteiger partial charge in [-0.15, -0.1) is 0 Å². The number of fused-ring (bicyclic) bond motifs is 25. The van der Waals surface area contributed by atoms with Gasteiger partial charge in [-0.05, 0) is 270 Å². The fourth-order valence-electron chi connectivity index (χ4n) is 22.2. The van der Waals surface area contributed by atoms with Crippen LogP contribution in [0, 0.1) is 172 Å². The zero-order valence-electron chi connectivity index (χ0n) is 66.4. The van der Waals surface area contributed by atoms with Crippen LogP contribution in [0.15, 0.2) is 146 Å². The molecule has 17 nitrogen and oxygen atoms in total. The van der Waals surface area contributed by atoms with Gasteiger partial charge in [0.1, 0.15) is 11.4 Å². The smallest absolute Gasteiger partial charge is 0.318 e. The number of hydrogen-bond acceptors (Lipinski definition) is 16. The second-order valence-corrected chi connectivity index (χ2v) is 37.3. The average molecular weight is 1530 g/mol. The second-order valence-electron chi connectivity index (χ2n) is 37.3. The summed E-state index contributed by atoms with van der Waals surface area (Å²) in [7, 11) is 1.47. The van der Waals surface area contributed by atoms with Crippen molar-refractivity contribution in [2.45, 2.75) is 200 Å². The standard InChI is InChI=1S/C12H18O2.C11H16O2.C10H14O2.C9H8O3.C9H12O2.C8H10O2.C7H10O2.C7H10O.C7H8O.C7H10.C7H8/c1-12(2,3)14-11(13)10-7-8-4-5-9(10)6-8;1-7(2)13-11(12)10-6-8-3-4-9(10)5-8;1-2-12-10(11)9-6-7-3-4-8(9)5-7;10-8-6-4-1-2-5(3-4)7(6)9(11)12-8;1-11-9(10)8-5-6-2-3-7(8)4-6;9-8(10)7-4-5-1-2-6(7)3-5;8-6-4-1-2-5(3-4)7(6)9;2*8-7-4-5-1-2-6(7)3-5;2*1-2-7-4-3-6(1)5-7/h4-5,8-10H,6-7H2,1-3H3;3-4,7-10H,5-6H2,1-2H3;3-4,7-9H,2,5-6H2,1H3;1-2,4-7H,3H2;2-3,6-8H,4-5H2,1H3;1-2,5-7H,3-4H2,(H,9,10);1-2,4-9H,3H2;1-2,5-8H,3-4H2;1-2,5-6H,3-4H2;1-2,6-7H,3-5H2;1-4,6-7H,5H2. The first-order valence-electron chi connectivity index (χ1n) is 42.6. The van der Waals surface area contributed by atoms with Gasteiger partial charge in [0.25, 0.3) is 0 Å². The van der Waals surface area contributed by atoms with Crippen LogP contribution in [0.1, 0.15) is 170 Å². The molecule has 22 bridgehead atoms. The highest BCUT2D eigenvalue weighted by molar-refractivity contribution is 5.98. The van der Waals surface area contributed by atoms with Crippen molar-refractivity contribution < 1.29 is 82.5 Å². The summed E-state index contributed by atoms with van der Waals surface area (Å²) in [5.74, 6) is 11.7. The molecule has 0 aromatic rings. The number of ether oxygens (including phenoxy) is 5. The first-order chi connectivity index (χ1) is 53.2. The van der Waals surface area contributed by atoms with Gasteiger partial charge in [-0.25, -0.2) is 0 Å². The third-order valence-electron chi connectivity index (χ3n) is 28.0. The van der Waals surface area contributed by atoms with Gasteiger partial charge in [-0.1, -0.05) is 146 Å². The summed E-state index contributed by atoms with van der Waals surface area (Å²) in [4.78, 5) is 89.6. The lowest BCUT2D eigenvalue weighted by molar-refractivity contribution is -0.161. The Hall–Kier alpha value is -7.08. The van der Waals surface area contributed by atoms with Crippen molar-refractivity contribution in [3.8, 4) is 0 Å². The molecule has 1 heterocycles. The van der Waals surface area contributed by atoms with E-state index in [2.05, 4.69) is 126 Å². The molecule has 23 rings (SSSR count). The second kappa shape index (κ2) is 36.2. The number of aliphatic hydroxyl groups is 3. The number of carboxylic acid groups (broad SMARTS) is 1. The Morgan fingerprint density at radius 2 is 0.784 bits per heavy atom. The van der Waals surface area contributed by atoms with Gasteiger partial charge in [-0.3, -0.25) is 38.4 Å². The molecule has 0 aromatic heterocycles. The molecule has 0 amide bonds. The number of aliphatic hydroxyl groups excluding tert-OH is 3. The first-order valence-corrected chi connectivity index (χ1v) is 42.6. The normalized spacial score (nSPS) is 42.4. The number of allylic oxidation sites excluding steroid dienone is 21. The summed E-state index contributed by atoms with van der Waals surface area (Å²) in [5.41, 5.74) is -0.345. The minimum absolute atomic E-state index is 0.00523. The van der Waals surface area contributed by atoms with Crippen molar-refractivity contribution in [3.63, 3.8) is 0 Å². The minimum atomic E-state index is -0.614. The lowest BCUT2D eigenvalue weighted by Crippen LogP contribution is -2.30. The Balaban J connectivity index is 0.000000108. The number of ketones is 1. The van der Waals surface area contributed by atoms with Gasteiger partial charge in [0.2, 0.25) is 0 Å². The predicted octanol–water partition coefficient (Wildman–Crippen LogP) is 15.3. The summed E-state index contributed by atoms with van der Waals surface area (Å²) >= 11 is 0. The van der Waals surface area contributed by atoms with E-state index < -0.39 is 18.2 Å². The molecule has 111 heavy (non-hydrogen) atoms. The van der Waals surface area contributed by atoms with Gasteiger partial charge in [-0.2, -0.15) is 0 Å². The van der Waals surface area contributed by atoms with Crippen molar-refractivity contribution in [2.24, 2.45) is 172 Å². The number of esters is 6. The van der Waals surface area contributed by atoms with E-state index in [0.29, 0.717) is 89.3 Å². The number of cyclic esters (lactones) is 2. The van der Waals surface area contributed by atoms with Crippen molar-refractivity contribution in [1.29, 1.82) is 0 Å². The largest absolute Gasteiger partial charge is 0.481 e. The third-order valence-corrected chi connectivity index (χ3v) is 28.0. The van der Waals surface area contributed by atoms with Crippen LogP contribution in [-0.2, 0) is 62.0 Å². The Morgan fingerprint density at radius 3 is 1.04 bits per heavy atom. The number of carbonyl (C=O) groups is 8. The van der Waals surface area contributed by atoms with Crippen molar-refractivity contribution in [3.05, 3.63) is 146 Å². The summed E-state index contributed by atoms with van der Waals surface area (Å²) in [5, 5.41) is 36.2. The maximum Gasteiger partial charge on any atom is 0.318 e. The molecule has 602 valence electrons. The van der Waals surface area contributed by atoms with Gasteiger partial charge in [0, 0.05) is 30.1 Å². The maximum atomic E-state index is 11.8. The molecule has 22 aliphatic carbocycles.